The van der Waals surface area contributed by atoms with E-state index in [0.29, 0.717) is 24.1 Å². The molecular weight excluding hydrogens is 228 g/mol. The molecule has 1 amide bonds. The third-order valence-electron chi connectivity index (χ3n) is 2.78. The van der Waals surface area contributed by atoms with E-state index in [1.165, 1.54) is 12.8 Å². The summed E-state index contributed by atoms with van der Waals surface area (Å²) in [5.74, 6) is 0.382. The summed E-state index contributed by atoms with van der Waals surface area (Å²) in [7, 11) is 1.62. The molecule has 0 spiro atoms. The number of nitrogens with zero attached hydrogens (tertiary/aromatic N) is 1. The summed E-state index contributed by atoms with van der Waals surface area (Å²) >= 11 is 0. The summed E-state index contributed by atoms with van der Waals surface area (Å²) < 4.78 is 0. The fourth-order valence-electron chi connectivity index (χ4n) is 1.61. The number of carbonyl (C=O) groups excluding carboxylic acids is 1. The Morgan fingerprint density at radius 3 is 2.94 bits per heavy atom. The predicted octanol–water partition coefficient (Wildman–Crippen LogP) is 0.613. The normalized spacial score (nSPS) is 15.3. The second kappa shape index (κ2) is 5.53. The standard InChI is InChI=1S/C13H18N4O/c1-15-12(18)10-4-2-3-9(7-10)8-16-13(14)17-11-5-6-11/h2-4,7,11H,5-6,8H2,1H3,(H,15,18)(H3,14,16,17). The molecule has 0 radical (unpaired) electrons. The lowest BCUT2D eigenvalue weighted by atomic mass is 10.1. The molecule has 18 heavy (non-hydrogen) atoms. The second-order valence-corrected chi connectivity index (χ2v) is 4.40. The predicted molar refractivity (Wildman–Crippen MR) is 71.3 cm³/mol. The number of amides is 1. The van der Waals surface area contributed by atoms with E-state index in [9.17, 15) is 4.79 Å². The van der Waals surface area contributed by atoms with Crippen LogP contribution in [0.15, 0.2) is 29.3 Å². The molecule has 0 aliphatic heterocycles. The van der Waals surface area contributed by atoms with Gasteiger partial charge in [0.25, 0.3) is 5.91 Å². The molecule has 0 bridgehead atoms. The molecule has 4 N–H and O–H groups in total. The molecule has 5 heteroatoms. The van der Waals surface area contributed by atoms with Crippen molar-refractivity contribution >= 4 is 11.9 Å². The van der Waals surface area contributed by atoms with Gasteiger partial charge >= 0.3 is 0 Å². The molecule has 2 rings (SSSR count). The van der Waals surface area contributed by atoms with E-state index in [-0.39, 0.29) is 5.91 Å². The first-order valence-electron chi connectivity index (χ1n) is 6.06. The molecule has 1 aliphatic carbocycles. The van der Waals surface area contributed by atoms with Crippen LogP contribution >= 0.6 is 0 Å². The van der Waals surface area contributed by atoms with Gasteiger partial charge in [0.15, 0.2) is 5.96 Å². The Labute approximate surface area is 106 Å². The van der Waals surface area contributed by atoms with Gasteiger partial charge in [-0.25, -0.2) is 4.99 Å². The maximum absolute atomic E-state index is 11.5. The first kappa shape index (κ1) is 12.4. The number of nitrogens with one attached hydrogen (secondary N) is 2. The quantitative estimate of drug-likeness (QED) is 0.538. The van der Waals surface area contributed by atoms with E-state index in [0.717, 1.165) is 5.56 Å². The van der Waals surface area contributed by atoms with Gasteiger partial charge in [-0.3, -0.25) is 4.79 Å². The third-order valence-corrected chi connectivity index (χ3v) is 2.78. The van der Waals surface area contributed by atoms with E-state index < -0.39 is 0 Å². The number of hydrogen-bond acceptors (Lipinski definition) is 2. The highest BCUT2D eigenvalue weighted by Crippen LogP contribution is 2.18. The highest BCUT2D eigenvalue weighted by molar-refractivity contribution is 5.94. The highest BCUT2D eigenvalue weighted by atomic mass is 16.1. The van der Waals surface area contributed by atoms with Crippen LogP contribution in [0.2, 0.25) is 0 Å². The maximum Gasteiger partial charge on any atom is 0.251 e. The minimum Gasteiger partial charge on any atom is -0.370 e. The van der Waals surface area contributed by atoms with Gasteiger partial charge in [-0.15, -0.1) is 0 Å². The van der Waals surface area contributed by atoms with Gasteiger partial charge < -0.3 is 16.4 Å². The Bertz CT molecular complexity index is 466. The first-order valence-corrected chi connectivity index (χ1v) is 6.06. The summed E-state index contributed by atoms with van der Waals surface area (Å²) in [5, 5.41) is 5.72. The number of aliphatic imine (C=N–C) groups is 1. The lowest BCUT2D eigenvalue weighted by molar-refractivity contribution is 0.0963. The fraction of sp³-hybridized carbons (Fsp3) is 0.385. The Balaban J connectivity index is 1.97. The van der Waals surface area contributed by atoms with Crippen molar-refractivity contribution in [3.63, 3.8) is 0 Å². The molecule has 0 unspecified atom stereocenters. The molecule has 1 aromatic rings. The second-order valence-electron chi connectivity index (χ2n) is 4.40. The van der Waals surface area contributed by atoms with Crippen LogP contribution < -0.4 is 16.4 Å². The minimum absolute atomic E-state index is 0.0927. The van der Waals surface area contributed by atoms with Crippen LogP contribution in [0.3, 0.4) is 0 Å². The Kier molecular flexibility index (Phi) is 3.82. The zero-order valence-electron chi connectivity index (χ0n) is 10.4. The minimum atomic E-state index is -0.0927. The van der Waals surface area contributed by atoms with Crippen molar-refractivity contribution in [2.45, 2.75) is 25.4 Å². The van der Waals surface area contributed by atoms with Crippen LogP contribution in [0.1, 0.15) is 28.8 Å². The number of rotatable bonds is 4. The Morgan fingerprint density at radius 1 is 1.50 bits per heavy atom. The van der Waals surface area contributed by atoms with Crippen LogP contribution in [-0.2, 0) is 6.54 Å². The Hall–Kier alpha value is -2.04. The van der Waals surface area contributed by atoms with Gasteiger partial charge in [0.05, 0.1) is 6.54 Å². The SMILES string of the molecule is CNC(=O)c1cccc(CN=C(N)NC2CC2)c1. The lowest BCUT2D eigenvalue weighted by Crippen LogP contribution is -2.33. The van der Waals surface area contributed by atoms with Gasteiger partial charge in [0.2, 0.25) is 0 Å². The zero-order valence-corrected chi connectivity index (χ0v) is 10.4. The van der Waals surface area contributed by atoms with Crippen LogP contribution in [0, 0.1) is 0 Å². The van der Waals surface area contributed by atoms with E-state index >= 15 is 0 Å². The van der Waals surface area contributed by atoms with Crippen LogP contribution in [0.25, 0.3) is 0 Å². The third kappa shape index (κ3) is 3.48. The van der Waals surface area contributed by atoms with Crippen molar-refractivity contribution in [1.29, 1.82) is 0 Å². The number of hydrogen-bond donors (Lipinski definition) is 3. The molecule has 1 saturated carbocycles. The van der Waals surface area contributed by atoms with Crippen molar-refractivity contribution in [2.75, 3.05) is 7.05 Å². The van der Waals surface area contributed by atoms with Crippen molar-refractivity contribution in [3.8, 4) is 0 Å². The number of carbonyl (C=O) groups is 1. The smallest absolute Gasteiger partial charge is 0.251 e. The van der Waals surface area contributed by atoms with Crippen LogP contribution in [0.4, 0.5) is 0 Å². The fourth-order valence-corrected chi connectivity index (χ4v) is 1.61. The van der Waals surface area contributed by atoms with Crippen LogP contribution in [0.5, 0.6) is 0 Å². The lowest BCUT2D eigenvalue weighted by Gasteiger charge is -2.04. The monoisotopic (exact) mass is 246 g/mol. The molecule has 0 saturated heterocycles. The summed E-state index contributed by atoms with van der Waals surface area (Å²) in [6.45, 7) is 0.483. The average molecular weight is 246 g/mol. The van der Waals surface area contributed by atoms with E-state index in [2.05, 4.69) is 15.6 Å². The molecule has 1 aromatic carbocycles. The van der Waals surface area contributed by atoms with Crippen molar-refractivity contribution < 1.29 is 4.79 Å². The van der Waals surface area contributed by atoms with Crippen LogP contribution in [-0.4, -0.2) is 25.0 Å². The average Bonchev–Trinajstić information content (AvgIpc) is 3.19. The molecular formula is C13H18N4O. The summed E-state index contributed by atoms with van der Waals surface area (Å²) in [6, 6.07) is 7.89. The number of benzene rings is 1. The summed E-state index contributed by atoms with van der Waals surface area (Å²) in [6.07, 6.45) is 2.34. The van der Waals surface area contributed by atoms with E-state index in [1.54, 1.807) is 13.1 Å². The molecule has 0 heterocycles. The number of nitrogens with two attached hydrogens (primary N) is 1. The summed E-state index contributed by atoms with van der Waals surface area (Å²) in [5.41, 5.74) is 7.35. The van der Waals surface area contributed by atoms with Gasteiger partial charge in [0, 0.05) is 18.7 Å². The van der Waals surface area contributed by atoms with Gasteiger partial charge in [-0.1, -0.05) is 12.1 Å². The highest BCUT2D eigenvalue weighted by Gasteiger charge is 2.21. The molecule has 96 valence electrons. The largest absolute Gasteiger partial charge is 0.370 e. The molecule has 1 aliphatic rings. The van der Waals surface area contributed by atoms with Crippen molar-refractivity contribution in [2.24, 2.45) is 10.7 Å². The zero-order chi connectivity index (χ0) is 13.0. The Morgan fingerprint density at radius 2 is 2.28 bits per heavy atom. The first-order chi connectivity index (χ1) is 8.69. The molecule has 0 aromatic heterocycles. The molecule has 1 fully saturated rings. The van der Waals surface area contributed by atoms with Gasteiger partial charge in [-0.2, -0.15) is 0 Å². The topological polar surface area (TPSA) is 79.5 Å². The molecule has 5 nitrogen and oxygen atoms in total. The van der Waals surface area contributed by atoms with E-state index in [1.807, 2.05) is 18.2 Å². The summed E-state index contributed by atoms with van der Waals surface area (Å²) in [4.78, 5) is 15.7. The van der Waals surface area contributed by atoms with Crippen molar-refractivity contribution in [3.05, 3.63) is 35.4 Å². The number of guanidine groups is 1. The van der Waals surface area contributed by atoms with Crippen molar-refractivity contribution in [1.82, 2.24) is 10.6 Å². The van der Waals surface area contributed by atoms with Gasteiger partial charge in [0.1, 0.15) is 0 Å². The maximum atomic E-state index is 11.5. The van der Waals surface area contributed by atoms with Gasteiger partial charge in [-0.05, 0) is 30.5 Å². The molecule has 0 atom stereocenters. The van der Waals surface area contributed by atoms with E-state index in [4.69, 9.17) is 5.73 Å².